The van der Waals surface area contributed by atoms with Gasteiger partial charge in [0, 0.05) is 84.9 Å². The lowest BCUT2D eigenvalue weighted by molar-refractivity contribution is -0.135. The third kappa shape index (κ3) is 24.9. The van der Waals surface area contributed by atoms with Crippen LogP contribution in [0.1, 0.15) is 144 Å². The zero-order chi connectivity index (χ0) is 72.5. The average Bonchev–Trinajstić information content (AvgIpc) is 0.885. The maximum Gasteiger partial charge on any atom is 0.243 e. The Labute approximate surface area is 522 Å². The number of guanidine groups is 1. The monoisotopic (exact) mass is 1200 g/mol. The van der Waals surface area contributed by atoms with E-state index in [4.69, 9.17) is 33.7 Å². The normalized spacial score (nSPS) is 23.0. The number of phenolic OH excluding ortho intramolecular Hbond substituents is 1. The molecule has 0 aliphatic carbocycles. The Morgan fingerprint density at radius 2 is 1.24 bits per heavy atom. The van der Waals surface area contributed by atoms with Crippen molar-refractivity contribution in [3.8, 4) is 5.75 Å². The highest BCUT2D eigenvalue weighted by molar-refractivity contribution is 5.98. The number of rotatable bonds is 25. The first kappa shape index (κ1) is 52.3. The molecule has 86 heavy (non-hydrogen) atoms. The first-order valence-corrected chi connectivity index (χ1v) is 29.1. The summed E-state index contributed by atoms with van der Waals surface area (Å²) in [7, 11) is 0. The quantitative estimate of drug-likeness (QED) is 0.0254. The molecule has 0 spiro atoms. The minimum absolute atomic E-state index is 0.00960. The Morgan fingerprint density at radius 3 is 1.93 bits per heavy atom. The van der Waals surface area contributed by atoms with Crippen LogP contribution in [0.15, 0.2) is 102 Å². The molecule has 6 amide bonds. The second-order valence-electron chi connectivity index (χ2n) is 21.8. The van der Waals surface area contributed by atoms with Crippen LogP contribution in [0.25, 0.3) is 10.8 Å². The zero-order valence-electron chi connectivity index (χ0n) is 60.4. The summed E-state index contributed by atoms with van der Waals surface area (Å²) < 4.78 is 93.1. The van der Waals surface area contributed by atoms with Gasteiger partial charge in [-0.15, -0.1) is 0 Å². The third-order valence-electron chi connectivity index (χ3n) is 14.9. The predicted molar refractivity (Wildman–Crippen MR) is 332 cm³/mol. The van der Waals surface area contributed by atoms with Crippen molar-refractivity contribution in [1.29, 1.82) is 0 Å². The molecule has 466 valence electrons. The highest BCUT2D eigenvalue weighted by Gasteiger charge is 2.35. The van der Waals surface area contributed by atoms with E-state index >= 15 is 14.4 Å². The van der Waals surface area contributed by atoms with Crippen LogP contribution in [0, 0.1) is 17.8 Å². The fourth-order valence-electron chi connectivity index (χ4n) is 10.2. The van der Waals surface area contributed by atoms with E-state index in [9.17, 15) is 33.9 Å². The number of carbonyl (C=O) groups is 9. The van der Waals surface area contributed by atoms with Crippen molar-refractivity contribution in [2.45, 2.75) is 166 Å². The first-order chi connectivity index (χ1) is 46.0. The largest absolute Gasteiger partial charge is 0.508 e. The second-order valence-corrected chi connectivity index (χ2v) is 21.8. The molecule has 0 saturated carbocycles. The molecule has 1 saturated heterocycles. The lowest BCUT2D eigenvalue weighted by Crippen LogP contribution is -2.53. The molecular weight excluding hydrogens is 1090 g/mol. The lowest BCUT2D eigenvalue weighted by Gasteiger charge is -2.26. The summed E-state index contributed by atoms with van der Waals surface area (Å²) >= 11 is 0. The molecule has 14 N–H and O–H groups in total. The minimum Gasteiger partial charge on any atom is -0.508 e. The smallest absolute Gasteiger partial charge is 0.243 e. The van der Waals surface area contributed by atoms with E-state index in [1.165, 1.54) is 24.3 Å². The number of primary amides is 1. The van der Waals surface area contributed by atoms with E-state index in [-0.39, 0.29) is 102 Å². The van der Waals surface area contributed by atoms with Gasteiger partial charge >= 0.3 is 0 Å². The average molecular weight is 1200 g/mol. The van der Waals surface area contributed by atoms with E-state index < -0.39 is 173 Å². The SMILES string of the molecule is [2H]C([2H])([2H])C(NCCCC[C@@H]1CC(=O)[C@H](Cc2ccc(O)cc2)NC(=O)[C@H](Cc2ccccc2)NC(=O)CC[C@H](C(=O)N[C@@H](CCCCNC(C([2H])([2H])[2H])C([2H])([2H])[2H])C(N)=O)CC(=O)CNC(=O)[C@H](Cc2ccc3ccccc3c2)CC(=O)[C@@H](CCCN=C(N)N)NC1=O)C([2H])([2H])[2H]. The van der Waals surface area contributed by atoms with Crippen molar-refractivity contribution in [3.05, 3.63) is 114 Å². The van der Waals surface area contributed by atoms with Gasteiger partial charge in [-0.3, -0.25) is 48.1 Å². The molecule has 5 rings (SSSR count). The van der Waals surface area contributed by atoms with Crippen LogP contribution >= 0.6 is 0 Å². The van der Waals surface area contributed by atoms with Crippen molar-refractivity contribution < 1.29 is 64.7 Å². The van der Waals surface area contributed by atoms with Crippen LogP contribution in [-0.4, -0.2) is 126 Å². The van der Waals surface area contributed by atoms with E-state index in [1.54, 1.807) is 36.4 Å². The number of ketones is 3. The summed E-state index contributed by atoms with van der Waals surface area (Å²) in [5, 5.41) is 30.5. The van der Waals surface area contributed by atoms with Gasteiger partial charge in [0.2, 0.25) is 35.4 Å². The summed E-state index contributed by atoms with van der Waals surface area (Å²) in [6.07, 6.45) is -2.99. The van der Waals surface area contributed by atoms with Crippen LogP contribution in [0.2, 0.25) is 0 Å². The number of nitrogens with one attached hydrogen (secondary N) is 7. The molecule has 4 aromatic carbocycles. The predicted octanol–water partition coefficient (Wildman–Crippen LogP) is 4.02. The molecular formula is C65H91N11O10. The number of Topliss-reactive ketones (excluding diaryl/α,β-unsaturated/α-hetero) is 3. The third-order valence-corrected chi connectivity index (χ3v) is 14.9. The van der Waals surface area contributed by atoms with Crippen LogP contribution < -0.4 is 54.4 Å². The Morgan fingerprint density at radius 1 is 0.628 bits per heavy atom. The number of carbonyl (C=O) groups excluding carboxylic acids is 9. The van der Waals surface area contributed by atoms with Gasteiger partial charge in [-0.25, -0.2) is 0 Å². The molecule has 7 atom stereocenters. The number of nitrogens with zero attached hydrogens (tertiary/aromatic N) is 1. The standard InChI is InChI=1S/C65H91N11O10/c1-41(2)69-30-12-10-19-48-38-58(80)55(35-44-23-27-51(77)28-24-44)76-64(86)56(36-43-15-6-5-7-16-43)73-59(81)29-26-49(63(85)75-54(60(66)82)20-11-13-31-70-42(3)4)37-52(78)40-72-61(83)50(34-45-22-25-46-17-8-9-18-47(46)33-45)39-57(79)53(74-62(48)84)21-14-32-71-65(67)68/h5-9,15-18,22-25,27-28,33,41-42,48-50,53-56,69-70,77H,10-14,19-21,26,29-32,34-40H2,1-4H3,(H2,66,82)(H,72,83)(H,73,81)(H,74,84)(H,75,85)(H,76,86)(H4,67,68,71)/t48-,49+,50-,53-,54+,55+,56+/m1/s1/i1D3,2D3,3D3,4D3. The number of fused-ring (bicyclic) bond motifs is 1. The summed E-state index contributed by atoms with van der Waals surface area (Å²) in [6, 6.07) is 17.6. The number of hydrogen-bond acceptors (Lipinski definition) is 13. The molecule has 1 aliphatic heterocycles. The van der Waals surface area contributed by atoms with Crippen molar-refractivity contribution >= 4 is 69.5 Å². The van der Waals surface area contributed by atoms with Crippen LogP contribution in [0.4, 0.5) is 0 Å². The second kappa shape index (κ2) is 36.1. The molecule has 0 bridgehead atoms. The lowest BCUT2D eigenvalue weighted by atomic mass is 9.88. The van der Waals surface area contributed by atoms with E-state index in [0.717, 1.165) is 10.8 Å². The summed E-state index contributed by atoms with van der Waals surface area (Å²) in [5.41, 5.74) is 18.6. The summed E-state index contributed by atoms with van der Waals surface area (Å²) in [4.78, 5) is 135. The maximum atomic E-state index is 15.1. The van der Waals surface area contributed by atoms with Gasteiger partial charge in [-0.1, -0.05) is 119 Å². The van der Waals surface area contributed by atoms with Gasteiger partial charge in [0.15, 0.2) is 23.3 Å². The summed E-state index contributed by atoms with van der Waals surface area (Å²) in [6.45, 7) is -12.6. The zero-order valence-corrected chi connectivity index (χ0v) is 48.4. The van der Waals surface area contributed by atoms with Gasteiger partial charge in [0.05, 0.1) is 18.6 Å². The highest BCUT2D eigenvalue weighted by Crippen LogP contribution is 2.24. The number of hydrogen-bond donors (Lipinski definition) is 11. The van der Waals surface area contributed by atoms with Crippen LogP contribution in [0.3, 0.4) is 0 Å². The Bertz CT molecular complexity index is 3340. The molecule has 1 heterocycles. The van der Waals surface area contributed by atoms with Gasteiger partial charge in [0.25, 0.3) is 0 Å². The number of phenols is 1. The number of benzene rings is 4. The number of amides is 6. The molecule has 0 aromatic heterocycles. The number of unbranched alkanes of at least 4 members (excludes halogenated alkanes) is 2. The van der Waals surface area contributed by atoms with Crippen molar-refractivity contribution in [3.63, 3.8) is 0 Å². The molecule has 21 nitrogen and oxygen atoms in total. The topological polar surface area (TPSA) is 348 Å². The Balaban J connectivity index is 1.58. The van der Waals surface area contributed by atoms with Crippen LogP contribution in [-0.2, 0) is 62.4 Å². The summed E-state index contributed by atoms with van der Waals surface area (Å²) in [5.74, 6) is -11.6. The fraction of sp³-hybridized carbons (Fsp3) is 0.508. The highest BCUT2D eigenvalue weighted by atomic mass is 16.3. The Hall–Kier alpha value is -8.04. The maximum absolute atomic E-state index is 15.1. The number of nitrogens with two attached hydrogens (primary N) is 3. The van der Waals surface area contributed by atoms with E-state index in [2.05, 4.69) is 42.2 Å². The number of aromatic hydroxyl groups is 1. The number of aliphatic imine (C=N–C) groups is 1. The molecule has 1 fully saturated rings. The molecule has 21 heteroatoms. The van der Waals surface area contributed by atoms with E-state index in [1.807, 2.05) is 36.4 Å². The first-order valence-electron chi connectivity index (χ1n) is 35.1. The Kier molecular flexibility index (Phi) is 21.9. The van der Waals surface area contributed by atoms with Gasteiger partial charge in [-0.2, -0.15) is 0 Å². The van der Waals surface area contributed by atoms with Gasteiger partial charge in [0.1, 0.15) is 17.8 Å². The minimum atomic E-state index is -2.92. The molecule has 1 aliphatic rings. The van der Waals surface area contributed by atoms with Crippen LogP contribution in [0.5, 0.6) is 5.75 Å². The van der Waals surface area contributed by atoms with Crippen molar-refractivity contribution in [2.75, 3.05) is 26.2 Å². The fourth-order valence-corrected chi connectivity index (χ4v) is 10.2. The van der Waals surface area contributed by atoms with E-state index in [0.29, 0.717) is 16.7 Å². The molecule has 4 aromatic rings. The van der Waals surface area contributed by atoms with Crippen molar-refractivity contribution in [1.82, 2.24) is 37.2 Å². The molecule has 0 radical (unpaired) electrons. The van der Waals surface area contributed by atoms with Gasteiger partial charge < -0.3 is 59.5 Å². The molecule has 0 unspecified atom stereocenters. The van der Waals surface area contributed by atoms with Crippen molar-refractivity contribution in [2.24, 2.45) is 39.9 Å². The van der Waals surface area contributed by atoms with Gasteiger partial charge in [-0.05, 0) is 117 Å².